The van der Waals surface area contributed by atoms with Crippen LogP contribution in [0.5, 0.6) is 0 Å². The van der Waals surface area contributed by atoms with Crippen LogP contribution in [0, 0.1) is 13.8 Å². The number of carbonyl (C=O) groups is 2. The van der Waals surface area contributed by atoms with Gasteiger partial charge in [0.25, 0.3) is 0 Å². The molecule has 0 saturated heterocycles. The average molecular weight is 269 g/mol. The van der Waals surface area contributed by atoms with Gasteiger partial charge in [0.2, 0.25) is 0 Å². The molecular weight excluding hydrogens is 246 g/mol. The van der Waals surface area contributed by atoms with Gasteiger partial charge in [-0.3, -0.25) is 9.59 Å². The molecule has 1 aromatic carbocycles. The number of rotatable bonds is 5. The van der Waals surface area contributed by atoms with Crippen LogP contribution in [0.3, 0.4) is 0 Å². The van der Waals surface area contributed by atoms with Gasteiger partial charge >= 0.3 is 11.9 Å². The number of carboxylic acids is 2. The molecule has 5 N–H and O–H groups in total. The summed E-state index contributed by atoms with van der Waals surface area (Å²) in [5.74, 6) is -1.74. The summed E-state index contributed by atoms with van der Waals surface area (Å²) in [6.07, 6.45) is 1.02. The highest BCUT2D eigenvalue weighted by atomic mass is 16.4. The normalized spacial score (nSPS) is 8.74. The van der Waals surface area contributed by atoms with Crippen molar-refractivity contribution < 1.29 is 19.8 Å². The van der Waals surface area contributed by atoms with Gasteiger partial charge in [0, 0.05) is 12.8 Å². The van der Waals surface area contributed by atoms with Crippen molar-refractivity contribution in [3.05, 3.63) is 35.4 Å². The minimum absolute atomic E-state index is 0. The van der Waals surface area contributed by atoms with Crippen molar-refractivity contribution in [2.75, 3.05) is 0 Å². The Hall–Kier alpha value is -1.88. The monoisotopic (exact) mass is 269 g/mol. The first kappa shape index (κ1) is 19.5. The summed E-state index contributed by atoms with van der Waals surface area (Å²) in [4.78, 5) is 19.8. The standard InChI is InChI=1S/C8H10.C6H10O4.H3N/c1-7-4-3-5-8(2)6-7;7-5(8)3-1-2-4-6(9)10;/h3-6H,1-2H3;1-4H2,(H,7,8)(H,9,10);1H3. The number of aliphatic carboxylic acids is 2. The molecular formula is C14H23NO4. The van der Waals surface area contributed by atoms with Crippen LogP contribution in [0.2, 0.25) is 0 Å². The third-order valence-electron chi connectivity index (χ3n) is 2.20. The van der Waals surface area contributed by atoms with E-state index in [9.17, 15) is 9.59 Å². The Morgan fingerprint density at radius 3 is 1.53 bits per heavy atom. The fourth-order valence-corrected chi connectivity index (χ4v) is 1.36. The van der Waals surface area contributed by atoms with E-state index < -0.39 is 11.9 Å². The van der Waals surface area contributed by atoms with E-state index in [2.05, 4.69) is 38.1 Å². The highest BCUT2D eigenvalue weighted by Crippen LogP contribution is 2.00. The SMILES string of the molecule is Cc1cccc(C)c1.N.O=C(O)CCCCC(=O)O. The minimum atomic E-state index is -0.870. The zero-order chi connectivity index (χ0) is 14.0. The predicted molar refractivity (Wildman–Crippen MR) is 74.7 cm³/mol. The quantitative estimate of drug-likeness (QED) is 0.711. The first-order valence-corrected chi connectivity index (χ1v) is 5.88. The summed E-state index contributed by atoms with van der Waals surface area (Å²) in [6.45, 7) is 4.21. The molecule has 0 heterocycles. The number of aryl methyl sites for hydroxylation is 2. The number of unbranched alkanes of at least 4 members (excludes halogenated alkanes) is 1. The molecule has 108 valence electrons. The lowest BCUT2D eigenvalue weighted by atomic mass is 10.2. The Bertz CT molecular complexity index is 358. The van der Waals surface area contributed by atoms with Crippen LogP contribution >= 0.6 is 0 Å². The molecule has 0 aliphatic heterocycles. The van der Waals surface area contributed by atoms with E-state index in [-0.39, 0.29) is 19.0 Å². The number of carboxylic acid groups (broad SMARTS) is 2. The Kier molecular flexibility index (Phi) is 11.5. The maximum absolute atomic E-state index is 9.90. The Balaban J connectivity index is 0. The molecule has 0 aliphatic rings. The summed E-state index contributed by atoms with van der Waals surface area (Å²) in [5, 5.41) is 16.3. The van der Waals surface area contributed by atoms with Gasteiger partial charge in [0.15, 0.2) is 0 Å². The van der Waals surface area contributed by atoms with Gasteiger partial charge in [-0.05, 0) is 26.7 Å². The average Bonchev–Trinajstić information content (AvgIpc) is 2.24. The van der Waals surface area contributed by atoms with Crippen LogP contribution < -0.4 is 6.15 Å². The summed E-state index contributed by atoms with van der Waals surface area (Å²) >= 11 is 0. The molecule has 5 heteroatoms. The molecule has 5 nitrogen and oxygen atoms in total. The fraction of sp³-hybridized carbons (Fsp3) is 0.429. The van der Waals surface area contributed by atoms with E-state index in [0.717, 1.165) is 0 Å². The van der Waals surface area contributed by atoms with Crippen LogP contribution in [0.1, 0.15) is 36.8 Å². The smallest absolute Gasteiger partial charge is 0.303 e. The van der Waals surface area contributed by atoms with Crippen molar-refractivity contribution in [3.8, 4) is 0 Å². The van der Waals surface area contributed by atoms with Crippen LogP contribution in [-0.4, -0.2) is 22.2 Å². The maximum Gasteiger partial charge on any atom is 0.303 e. The molecule has 0 atom stereocenters. The van der Waals surface area contributed by atoms with E-state index in [1.54, 1.807) is 0 Å². The van der Waals surface area contributed by atoms with Gasteiger partial charge in [0.05, 0.1) is 0 Å². The molecule has 0 spiro atoms. The van der Waals surface area contributed by atoms with Crippen molar-refractivity contribution in [1.29, 1.82) is 0 Å². The zero-order valence-electron chi connectivity index (χ0n) is 11.6. The Morgan fingerprint density at radius 2 is 1.32 bits per heavy atom. The van der Waals surface area contributed by atoms with Crippen LogP contribution in [0.15, 0.2) is 24.3 Å². The number of hydrogen-bond donors (Lipinski definition) is 3. The molecule has 0 bridgehead atoms. The predicted octanol–water partition coefficient (Wildman–Crippen LogP) is 3.18. The molecule has 19 heavy (non-hydrogen) atoms. The van der Waals surface area contributed by atoms with E-state index in [0.29, 0.717) is 12.8 Å². The first-order valence-electron chi connectivity index (χ1n) is 5.88. The highest BCUT2D eigenvalue weighted by Gasteiger charge is 1.99. The molecule has 0 aromatic heterocycles. The summed E-state index contributed by atoms with van der Waals surface area (Å²) < 4.78 is 0. The van der Waals surface area contributed by atoms with Crippen molar-refractivity contribution >= 4 is 11.9 Å². The summed E-state index contributed by atoms with van der Waals surface area (Å²) in [5.41, 5.74) is 2.68. The second-order valence-electron chi connectivity index (χ2n) is 4.15. The highest BCUT2D eigenvalue weighted by molar-refractivity contribution is 5.67. The van der Waals surface area contributed by atoms with E-state index in [1.807, 2.05) is 0 Å². The van der Waals surface area contributed by atoms with Crippen molar-refractivity contribution in [2.24, 2.45) is 0 Å². The minimum Gasteiger partial charge on any atom is -0.481 e. The summed E-state index contributed by atoms with van der Waals surface area (Å²) in [7, 11) is 0. The largest absolute Gasteiger partial charge is 0.481 e. The lowest BCUT2D eigenvalue weighted by Crippen LogP contribution is -1.97. The third-order valence-corrected chi connectivity index (χ3v) is 2.20. The van der Waals surface area contributed by atoms with E-state index in [4.69, 9.17) is 10.2 Å². The van der Waals surface area contributed by atoms with Gasteiger partial charge in [-0.15, -0.1) is 0 Å². The molecule has 0 amide bonds. The fourth-order valence-electron chi connectivity index (χ4n) is 1.36. The van der Waals surface area contributed by atoms with Gasteiger partial charge in [0.1, 0.15) is 0 Å². The van der Waals surface area contributed by atoms with Gasteiger partial charge < -0.3 is 16.4 Å². The van der Waals surface area contributed by atoms with Crippen molar-refractivity contribution in [3.63, 3.8) is 0 Å². The molecule has 1 aromatic rings. The second-order valence-corrected chi connectivity index (χ2v) is 4.15. The van der Waals surface area contributed by atoms with Crippen molar-refractivity contribution in [1.82, 2.24) is 6.15 Å². The molecule has 0 radical (unpaired) electrons. The summed E-state index contributed by atoms with van der Waals surface area (Å²) in [6, 6.07) is 8.45. The lowest BCUT2D eigenvalue weighted by molar-refractivity contribution is -0.139. The van der Waals surface area contributed by atoms with E-state index in [1.165, 1.54) is 11.1 Å². The van der Waals surface area contributed by atoms with Gasteiger partial charge in [-0.1, -0.05) is 35.4 Å². The van der Waals surface area contributed by atoms with Crippen LogP contribution in [0.25, 0.3) is 0 Å². The second kappa shape index (κ2) is 11.2. The van der Waals surface area contributed by atoms with Gasteiger partial charge in [-0.2, -0.15) is 0 Å². The van der Waals surface area contributed by atoms with E-state index >= 15 is 0 Å². The number of hydrogen-bond acceptors (Lipinski definition) is 3. The third kappa shape index (κ3) is 14.1. The molecule has 0 saturated carbocycles. The first-order chi connectivity index (χ1) is 8.41. The Morgan fingerprint density at radius 1 is 0.947 bits per heavy atom. The zero-order valence-corrected chi connectivity index (χ0v) is 11.6. The van der Waals surface area contributed by atoms with Crippen LogP contribution in [-0.2, 0) is 9.59 Å². The van der Waals surface area contributed by atoms with Gasteiger partial charge in [-0.25, -0.2) is 0 Å². The number of benzene rings is 1. The maximum atomic E-state index is 9.90. The van der Waals surface area contributed by atoms with Crippen molar-refractivity contribution in [2.45, 2.75) is 39.5 Å². The molecule has 1 rings (SSSR count). The topological polar surface area (TPSA) is 110 Å². The van der Waals surface area contributed by atoms with Crippen LogP contribution in [0.4, 0.5) is 0 Å². The Labute approximate surface area is 113 Å². The molecule has 0 unspecified atom stereocenters. The molecule has 0 aliphatic carbocycles. The lowest BCUT2D eigenvalue weighted by Gasteiger charge is -1.92. The molecule has 0 fully saturated rings.